The van der Waals surface area contributed by atoms with Gasteiger partial charge in [-0.1, -0.05) is 12.1 Å². The van der Waals surface area contributed by atoms with Crippen LogP contribution >= 0.6 is 0 Å². The second-order valence-corrected chi connectivity index (χ2v) is 10.1. The summed E-state index contributed by atoms with van der Waals surface area (Å²) in [5.41, 5.74) is 0.442. The minimum Gasteiger partial charge on any atom is -0.493 e. The van der Waals surface area contributed by atoms with Crippen LogP contribution in [0.4, 0.5) is 23.5 Å². The number of ether oxygens (including phenoxy) is 4. The van der Waals surface area contributed by atoms with Gasteiger partial charge in [-0.15, -0.1) is 0 Å². The standard InChI is InChI=1S/C13H12FN3O2S.C12H13F3O2.C3H8O/c14-10-7-15-13(16-8-10)17-20(18)11-4-3-9-2-1-5-19-12(9)6-11;13-12(14,15)9-2-1-3-11(8-9)17-10-4-6-16-7-5-10;1-3-4-2/h3-4,6-8H,1-2,5H2,(H,15,16,17);1-3,8,10H,4-7H2;3H2,1-2H3. The third-order valence-corrected chi connectivity index (χ3v) is 6.88. The van der Waals surface area contributed by atoms with Gasteiger partial charge in [0, 0.05) is 26.6 Å². The van der Waals surface area contributed by atoms with Crippen LogP contribution in [0.15, 0.2) is 59.8 Å². The molecule has 0 spiro atoms. The van der Waals surface area contributed by atoms with E-state index in [2.05, 4.69) is 19.4 Å². The zero-order valence-electron chi connectivity index (χ0n) is 22.8. The number of halogens is 4. The maximum Gasteiger partial charge on any atom is 0.416 e. The van der Waals surface area contributed by atoms with Crippen LogP contribution in [0.2, 0.25) is 0 Å². The van der Waals surface area contributed by atoms with Crippen LogP contribution in [0.5, 0.6) is 11.5 Å². The molecule has 0 saturated carbocycles. The Bertz CT molecular complexity index is 1240. The molecule has 3 heterocycles. The highest BCUT2D eigenvalue weighted by Crippen LogP contribution is 2.32. The first-order valence-corrected chi connectivity index (χ1v) is 14.2. The molecule has 2 aliphatic rings. The topological polar surface area (TPSA) is 91.8 Å². The first kappa shape index (κ1) is 32.2. The molecule has 1 atom stereocenters. The Kier molecular flexibility index (Phi) is 12.8. The largest absolute Gasteiger partial charge is 0.493 e. The van der Waals surface area contributed by atoms with Gasteiger partial charge in [-0.2, -0.15) is 13.2 Å². The van der Waals surface area contributed by atoms with Gasteiger partial charge < -0.3 is 18.9 Å². The van der Waals surface area contributed by atoms with Crippen molar-refractivity contribution < 1.29 is 40.7 Å². The van der Waals surface area contributed by atoms with E-state index in [0.717, 1.165) is 68.1 Å². The Hall–Kier alpha value is -3.29. The van der Waals surface area contributed by atoms with Gasteiger partial charge in [0.15, 0.2) is 16.8 Å². The molecule has 5 rings (SSSR count). The van der Waals surface area contributed by atoms with Crippen molar-refractivity contribution in [3.63, 3.8) is 0 Å². The molecule has 0 bridgehead atoms. The van der Waals surface area contributed by atoms with Crippen molar-refractivity contribution in [1.82, 2.24) is 9.97 Å². The fourth-order valence-corrected chi connectivity index (χ4v) is 4.47. The van der Waals surface area contributed by atoms with E-state index in [1.54, 1.807) is 25.3 Å². The summed E-state index contributed by atoms with van der Waals surface area (Å²) in [5, 5.41) is 0. The average Bonchev–Trinajstić information content (AvgIpc) is 2.99. The first-order chi connectivity index (χ1) is 19.7. The number of benzene rings is 2. The lowest BCUT2D eigenvalue weighted by Gasteiger charge is -2.23. The fraction of sp³-hybridized carbons (Fsp3) is 0.429. The number of rotatable bonds is 6. The van der Waals surface area contributed by atoms with Crippen LogP contribution in [0.25, 0.3) is 0 Å². The molecule has 3 aromatic rings. The quantitative estimate of drug-likeness (QED) is 0.348. The number of anilines is 1. The van der Waals surface area contributed by atoms with Crippen LogP contribution in [0.3, 0.4) is 0 Å². The molecule has 1 unspecified atom stereocenters. The second-order valence-electron chi connectivity index (χ2n) is 8.85. The molecule has 1 N–H and O–H groups in total. The van der Waals surface area contributed by atoms with Crippen molar-refractivity contribution in [2.45, 2.75) is 49.8 Å². The summed E-state index contributed by atoms with van der Waals surface area (Å²) in [6.45, 7) is 4.66. The average molecular weight is 600 g/mol. The van der Waals surface area contributed by atoms with Crippen molar-refractivity contribution >= 4 is 16.9 Å². The summed E-state index contributed by atoms with van der Waals surface area (Å²) < 4.78 is 85.6. The normalized spacial score (nSPS) is 15.6. The Morgan fingerprint density at radius 2 is 1.78 bits per heavy atom. The number of fused-ring (bicyclic) bond motifs is 1. The van der Waals surface area contributed by atoms with Crippen LogP contribution in [-0.2, 0) is 33.1 Å². The molecule has 1 aromatic heterocycles. The maximum absolute atomic E-state index is 12.7. The van der Waals surface area contributed by atoms with Crippen molar-refractivity contribution in [2.24, 2.45) is 0 Å². The number of methoxy groups -OCH3 is 1. The Morgan fingerprint density at radius 3 is 2.44 bits per heavy atom. The molecule has 0 amide bonds. The van der Waals surface area contributed by atoms with E-state index in [1.165, 1.54) is 6.07 Å². The number of hydrogen-bond acceptors (Lipinski definition) is 7. The molecule has 0 aliphatic carbocycles. The number of nitrogens with zero attached hydrogens (tertiary/aromatic N) is 2. The molecular weight excluding hydrogens is 566 g/mol. The van der Waals surface area contributed by atoms with Gasteiger partial charge >= 0.3 is 6.18 Å². The van der Waals surface area contributed by atoms with Crippen molar-refractivity contribution in [2.75, 3.05) is 38.3 Å². The van der Waals surface area contributed by atoms with Gasteiger partial charge in [0.1, 0.15) is 17.6 Å². The van der Waals surface area contributed by atoms with Crippen LogP contribution in [-0.4, -0.2) is 53.8 Å². The van der Waals surface area contributed by atoms with E-state index in [9.17, 15) is 21.8 Å². The smallest absolute Gasteiger partial charge is 0.416 e. The Balaban J connectivity index is 0.000000202. The number of aryl methyl sites for hydroxylation is 1. The number of hydrogen-bond donors (Lipinski definition) is 1. The zero-order valence-corrected chi connectivity index (χ0v) is 23.6. The number of aromatic nitrogens is 2. The predicted molar refractivity (Wildman–Crippen MR) is 146 cm³/mol. The summed E-state index contributed by atoms with van der Waals surface area (Å²) in [6.07, 6.45) is 1.06. The van der Waals surface area contributed by atoms with Gasteiger partial charge in [0.25, 0.3) is 0 Å². The summed E-state index contributed by atoms with van der Waals surface area (Å²) in [6, 6.07) is 10.4. The van der Waals surface area contributed by atoms with Gasteiger partial charge in [0.05, 0.1) is 42.7 Å². The summed E-state index contributed by atoms with van der Waals surface area (Å²) in [7, 11) is 0.164. The highest BCUT2D eigenvalue weighted by molar-refractivity contribution is 7.86. The molecule has 2 aliphatic heterocycles. The summed E-state index contributed by atoms with van der Waals surface area (Å²) in [5.74, 6) is 0.613. The third-order valence-electron chi connectivity index (χ3n) is 5.83. The summed E-state index contributed by atoms with van der Waals surface area (Å²) in [4.78, 5) is 7.99. The first-order valence-electron chi connectivity index (χ1n) is 13.0. The molecule has 1 fully saturated rings. The third kappa shape index (κ3) is 10.9. The predicted octanol–water partition coefficient (Wildman–Crippen LogP) is 5.99. The van der Waals surface area contributed by atoms with Gasteiger partial charge in [-0.3, -0.25) is 4.72 Å². The molecule has 224 valence electrons. The molecule has 2 aromatic carbocycles. The minimum atomic E-state index is -4.32. The van der Waals surface area contributed by atoms with Crippen molar-refractivity contribution in [3.8, 4) is 11.5 Å². The zero-order chi connectivity index (χ0) is 29.7. The Morgan fingerprint density at radius 1 is 1.07 bits per heavy atom. The van der Waals surface area contributed by atoms with E-state index in [0.29, 0.717) is 24.7 Å². The van der Waals surface area contributed by atoms with Gasteiger partial charge in [-0.05, 0) is 55.7 Å². The van der Waals surface area contributed by atoms with Crippen LogP contribution in [0, 0.1) is 5.82 Å². The monoisotopic (exact) mass is 599 g/mol. The maximum atomic E-state index is 12.7. The lowest BCUT2D eigenvalue weighted by Crippen LogP contribution is -2.25. The lowest BCUT2D eigenvalue weighted by molar-refractivity contribution is -0.137. The Labute approximate surface area is 239 Å². The molecule has 8 nitrogen and oxygen atoms in total. The number of alkyl halides is 3. The molecule has 13 heteroatoms. The molecular formula is C28H33F4N3O5S. The van der Waals surface area contributed by atoms with Gasteiger partial charge in [-0.25, -0.2) is 18.6 Å². The SMILES string of the molecule is CCOC.FC(F)(F)c1cccc(OC2CCOCC2)c1.O=S(Nc1ncc(F)cn1)c1ccc2c(c1)OCCC2. The van der Waals surface area contributed by atoms with Crippen molar-refractivity contribution in [3.05, 3.63) is 71.8 Å². The molecule has 0 radical (unpaired) electrons. The highest BCUT2D eigenvalue weighted by Gasteiger charge is 2.30. The number of nitrogens with one attached hydrogen (secondary N) is 1. The van der Waals surface area contributed by atoms with Crippen LogP contribution < -0.4 is 14.2 Å². The molecule has 1 saturated heterocycles. The molecule has 41 heavy (non-hydrogen) atoms. The lowest BCUT2D eigenvalue weighted by atomic mass is 10.1. The minimum absolute atomic E-state index is 0.0489. The summed E-state index contributed by atoms with van der Waals surface area (Å²) >= 11 is 0. The van der Waals surface area contributed by atoms with E-state index in [1.807, 2.05) is 13.0 Å². The second kappa shape index (κ2) is 16.2. The van der Waals surface area contributed by atoms with Crippen LogP contribution in [0.1, 0.15) is 37.3 Å². The van der Waals surface area contributed by atoms with E-state index in [4.69, 9.17) is 14.2 Å². The highest BCUT2D eigenvalue weighted by atomic mass is 32.2. The van der Waals surface area contributed by atoms with E-state index >= 15 is 0 Å². The van der Waals surface area contributed by atoms with E-state index in [-0.39, 0.29) is 17.8 Å². The van der Waals surface area contributed by atoms with Crippen molar-refractivity contribution in [1.29, 1.82) is 0 Å². The van der Waals surface area contributed by atoms with Gasteiger partial charge in [0.2, 0.25) is 5.95 Å². The van der Waals surface area contributed by atoms with E-state index < -0.39 is 28.5 Å². The fourth-order valence-electron chi connectivity index (χ4n) is 3.67.